The van der Waals surface area contributed by atoms with Gasteiger partial charge in [-0.1, -0.05) is 25.5 Å². The highest BCUT2D eigenvalue weighted by Crippen LogP contribution is 2.36. The van der Waals surface area contributed by atoms with Crippen molar-refractivity contribution in [2.75, 3.05) is 31.6 Å². The maximum Gasteiger partial charge on any atom is 0.146 e. The van der Waals surface area contributed by atoms with Gasteiger partial charge in [0, 0.05) is 13.6 Å². The minimum Gasteiger partial charge on any atom is -0.372 e. The summed E-state index contributed by atoms with van der Waals surface area (Å²) in [5.41, 5.74) is 1.06. The summed E-state index contributed by atoms with van der Waals surface area (Å²) in [7, 11) is 2.01. The fraction of sp³-hybridized carbons (Fsp3) is 0.625. The van der Waals surface area contributed by atoms with Gasteiger partial charge in [-0.25, -0.2) is 4.39 Å². The van der Waals surface area contributed by atoms with Crippen LogP contribution in [-0.4, -0.2) is 26.7 Å². The molecule has 0 amide bonds. The first-order valence-electron chi connectivity index (χ1n) is 7.33. The Balaban J connectivity index is 2.10. The largest absolute Gasteiger partial charge is 0.372 e. The smallest absolute Gasteiger partial charge is 0.146 e. The van der Waals surface area contributed by atoms with Crippen LogP contribution in [0.15, 0.2) is 24.3 Å². The van der Waals surface area contributed by atoms with E-state index in [1.54, 1.807) is 12.1 Å². The second-order valence-electron chi connectivity index (χ2n) is 5.81. The lowest BCUT2D eigenvalue weighted by atomic mass is 9.75. The molecule has 1 N–H and O–H groups in total. The molecule has 106 valence electrons. The van der Waals surface area contributed by atoms with Crippen molar-refractivity contribution in [1.82, 2.24) is 5.32 Å². The van der Waals surface area contributed by atoms with Gasteiger partial charge in [0.25, 0.3) is 0 Å². The van der Waals surface area contributed by atoms with Crippen molar-refractivity contribution in [3.63, 3.8) is 0 Å². The summed E-state index contributed by atoms with van der Waals surface area (Å²) in [6, 6.07) is 7.07. The Bertz CT molecular complexity index is 394. The molecule has 0 unspecified atom stereocenters. The summed E-state index contributed by atoms with van der Waals surface area (Å²) in [5, 5.41) is 3.43. The lowest BCUT2D eigenvalue weighted by Gasteiger charge is -2.41. The van der Waals surface area contributed by atoms with Crippen LogP contribution >= 0.6 is 0 Å². The molecule has 0 spiro atoms. The fourth-order valence-corrected chi connectivity index (χ4v) is 3.32. The van der Waals surface area contributed by atoms with E-state index in [0.717, 1.165) is 25.3 Å². The van der Waals surface area contributed by atoms with Gasteiger partial charge in [-0.05, 0) is 49.9 Å². The van der Waals surface area contributed by atoms with Crippen LogP contribution in [-0.2, 0) is 0 Å². The molecule has 1 heterocycles. The Labute approximate surface area is 116 Å². The van der Waals surface area contributed by atoms with E-state index in [1.165, 1.54) is 25.7 Å². The summed E-state index contributed by atoms with van der Waals surface area (Å²) in [6.45, 7) is 5.37. The van der Waals surface area contributed by atoms with Crippen molar-refractivity contribution in [1.29, 1.82) is 0 Å². The average Bonchev–Trinajstić information content (AvgIpc) is 2.40. The number of benzene rings is 1. The van der Waals surface area contributed by atoms with Crippen molar-refractivity contribution < 1.29 is 4.39 Å². The number of nitrogens with zero attached hydrogens (tertiary/aromatic N) is 1. The highest BCUT2D eigenvalue weighted by Gasteiger charge is 2.32. The first-order valence-corrected chi connectivity index (χ1v) is 7.33. The third-order valence-corrected chi connectivity index (χ3v) is 4.28. The summed E-state index contributed by atoms with van der Waals surface area (Å²) >= 11 is 0. The second-order valence-corrected chi connectivity index (χ2v) is 5.81. The van der Waals surface area contributed by atoms with Crippen molar-refractivity contribution in [2.45, 2.75) is 32.6 Å². The minimum absolute atomic E-state index is 0.120. The molecule has 2 nitrogen and oxygen atoms in total. The Morgan fingerprint density at radius 2 is 1.95 bits per heavy atom. The third-order valence-electron chi connectivity index (χ3n) is 4.28. The number of hydrogen-bond donors (Lipinski definition) is 1. The van der Waals surface area contributed by atoms with Crippen LogP contribution in [0.2, 0.25) is 0 Å². The average molecular weight is 264 g/mol. The molecule has 2 rings (SSSR count). The number of para-hydroxylation sites is 1. The molecule has 19 heavy (non-hydrogen) atoms. The number of nitrogens with one attached hydrogen (secondary N) is 1. The molecule has 1 aliphatic heterocycles. The standard InChI is InChI=1S/C16H25FN2/c1-3-8-16(9-11-18-12-10-16)13-19(2)15-7-5-4-6-14(15)17/h4-7,18H,3,8-13H2,1-2H3. The molecule has 0 atom stereocenters. The molecular weight excluding hydrogens is 239 g/mol. The lowest BCUT2D eigenvalue weighted by molar-refractivity contribution is 0.190. The third kappa shape index (κ3) is 3.47. The number of anilines is 1. The lowest BCUT2D eigenvalue weighted by Crippen LogP contribution is -2.44. The Hall–Kier alpha value is -1.09. The van der Waals surface area contributed by atoms with Gasteiger partial charge in [-0.15, -0.1) is 0 Å². The van der Waals surface area contributed by atoms with Crippen LogP contribution in [0.25, 0.3) is 0 Å². The molecular formula is C16H25FN2. The Morgan fingerprint density at radius 3 is 2.58 bits per heavy atom. The van der Waals surface area contributed by atoms with E-state index >= 15 is 0 Å². The predicted molar refractivity (Wildman–Crippen MR) is 79.1 cm³/mol. The summed E-state index contributed by atoms with van der Waals surface area (Å²) < 4.78 is 13.9. The summed E-state index contributed by atoms with van der Waals surface area (Å²) in [4.78, 5) is 2.09. The summed E-state index contributed by atoms with van der Waals surface area (Å²) in [5.74, 6) is -0.120. The molecule has 1 fully saturated rings. The van der Waals surface area contributed by atoms with E-state index in [4.69, 9.17) is 0 Å². The van der Waals surface area contributed by atoms with E-state index in [0.29, 0.717) is 5.41 Å². The minimum atomic E-state index is -0.120. The molecule has 0 saturated carbocycles. The van der Waals surface area contributed by atoms with Gasteiger partial charge in [0.05, 0.1) is 5.69 Å². The molecule has 1 saturated heterocycles. The molecule has 0 bridgehead atoms. The van der Waals surface area contributed by atoms with Gasteiger partial charge in [-0.2, -0.15) is 0 Å². The zero-order valence-electron chi connectivity index (χ0n) is 12.1. The van der Waals surface area contributed by atoms with Crippen LogP contribution in [0, 0.1) is 11.2 Å². The topological polar surface area (TPSA) is 15.3 Å². The molecule has 3 heteroatoms. The van der Waals surface area contributed by atoms with Crippen molar-refractivity contribution in [3.05, 3.63) is 30.1 Å². The second kappa shape index (κ2) is 6.38. The SMILES string of the molecule is CCCC1(CN(C)c2ccccc2F)CCNCC1. The zero-order valence-corrected chi connectivity index (χ0v) is 12.1. The molecule has 1 aromatic carbocycles. The highest BCUT2D eigenvalue weighted by atomic mass is 19.1. The van der Waals surface area contributed by atoms with Gasteiger partial charge < -0.3 is 10.2 Å². The molecule has 0 aliphatic carbocycles. The first-order chi connectivity index (χ1) is 9.17. The van der Waals surface area contributed by atoms with Crippen LogP contribution in [0.3, 0.4) is 0 Å². The molecule has 0 aromatic heterocycles. The van der Waals surface area contributed by atoms with E-state index in [-0.39, 0.29) is 5.82 Å². The van der Waals surface area contributed by atoms with Crippen LogP contribution in [0.1, 0.15) is 32.6 Å². The quantitative estimate of drug-likeness (QED) is 0.876. The van der Waals surface area contributed by atoms with Gasteiger partial charge in [0.15, 0.2) is 0 Å². The van der Waals surface area contributed by atoms with Crippen molar-refractivity contribution in [3.8, 4) is 0 Å². The first kappa shape index (κ1) is 14.3. The number of halogens is 1. The highest BCUT2D eigenvalue weighted by molar-refractivity contribution is 5.47. The van der Waals surface area contributed by atoms with Crippen LogP contribution in [0.4, 0.5) is 10.1 Å². The number of rotatable bonds is 5. The Morgan fingerprint density at radius 1 is 1.26 bits per heavy atom. The van der Waals surface area contributed by atoms with E-state index in [2.05, 4.69) is 17.1 Å². The molecule has 1 aliphatic rings. The number of hydrogen-bond acceptors (Lipinski definition) is 2. The molecule has 1 aromatic rings. The van der Waals surface area contributed by atoms with Crippen LogP contribution < -0.4 is 10.2 Å². The Kier molecular flexibility index (Phi) is 4.81. The van der Waals surface area contributed by atoms with E-state index in [1.807, 2.05) is 19.2 Å². The van der Waals surface area contributed by atoms with Gasteiger partial charge in [-0.3, -0.25) is 0 Å². The maximum atomic E-state index is 13.9. The van der Waals surface area contributed by atoms with Gasteiger partial charge >= 0.3 is 0 Å². The van der Waals surface area contributed by atoms with Crippen molar-refractivity contribution in [2.24, 2.45) is 5.41 Å². The summed E-state index contributed by atoms with van der Waals surface area (Å²) in [6.07, 6.45) is 4.82. The van der Waals surface area contributed by atoms with E-state index in [9.17, 15) is 4.39 Å². The number of piperidine rings is 1. The van der Waals surface area contributed by atoms with Gasteiger partial charge in [0.2, 0.25) is 0 Å². The van der Waals surface area contributed by atoms with Gasteiger partial charge in [0.1, 0.15) is 5.82 Å². The zero-order chi connectivity index (χ0) is 13.7. The fourth-order valence-electron chi connectivity index (χ4n) is 3.32. The maximum absolute atomic E-state index is 13.9. The predicted octanol–water partition coefficient (Wildman–Crippen LogP) is 3.43. The normalized spacial score (nSPS) is 18.3. The van der Waals surface area contributed by atoms with E-state index < -0.39 is 0 Å². The van der Waals surface area contributed by atoms with Crippen LogP contribution in [0.5, 0.6) is 0 Å². The monoisotopic (exact) mass is 264 g/mol. The van der Waals surface area contributed by atoms with Crippen molar-refractivity contribution >= 4 is 5.69 Å². The molecule has 0 radical (unpaired) electrons.